The van der Waals surface area contributed by atoms with E-state index in [1.807, 2.05) is 0 Å². The van der Waals surface area contributed by atoms with Crippen LogP contribution in [-0.4, -0.2) is 50.3 Å². The average molecular weight is 282 g/mol. The van der Waals surface area contributed by atoms with Crippen LogP contribution in [0.25, 0.3) is 0 Å². The molecule has 2 fully saturated rings. The van der Waals surface area contributed by atoms with Crippen LogP contribution in [0.5, 0.6) is 0 Å². The van der Waals surface area contributed by atoms with Crippen molar-refractivity contribution < 1.29 is 4.74 Å². The minimum atomic E-state index is 0.470. The smallest absolute Gasteiger partial charge is 0.0702 e. The Morgan fingerprint density at radius 1 is 1.20 bits per heavy atom. The van der Waals surface area contributed by atoms with Gasteiger partial charge in [0.05, 0.1) is 6.10 Å². The Hall–Kier alpha value is -0.120. The third kappa shape index (κ3) is 4.44. The molecule has 118 valence electrons. The first-order valence-corrected chi connectivity index (χ1v) is 8.73. The van der Waals surface area contributed by atoms with Gasteiger partial charge in [-0.3, -0.25) is 4.90 Å². The highest BCUT2D eigenvalue weighted by Crippen LogP contribution is 2.31. The Labute approximate surface area is 125 Å². The van der Waals surface area contributed by atoms with Crippen LogP contribution < -0.4 is 5.32 Å². The monoisotopic (exact) mass is 282 g/mol. The van der Waals surface area contributed by atoms with Crippen molar-refractivity contribution in [3.05, 3.63) is 0 Å². The first-order valence-electron chi connectivity index (χ1n) is 8.73. The van der Waals surface area contributed by atoms with Crippen molar-refractivity contribution in [3.63, 3.8) is 0 Å². The van der Waals surface area contributed by atoms with E-state index in [1.54, 1.807) is 0 Å². The zero-order valence-corrected chi connectivity index (χ0v) is 13.7. The van der Waals surface area contributed by atoms with Crippen LogP contribution >= 0.6 is 0 Å². The SMILES string of the molecule is CCCC1CCC(NC)C(N(C)CC2CCCCO2)C1. The van der Waals surface area contributed by atoms with Gasteiger partial charge in [-0.2, -0.15) is 0 Å². The van der Waals surface area contributed by atoms with E-state index in [4.69, 9.17) is 4.74 Å². The second-order valence-electron chi connectivity index (χ2n) is 6.86. The molecule has 20 heavy (non-hydrogen) atoms. The van der Waals surface area contributed by atoms with E-state index in [-0.39, 0.29) is 0 Å². The Bertz CT molecular complexity index is 266. The standard InChI is InChI=1S/C17H34N2O/c1-4-7-14-9-10-16(18-2)17(12-14)19(3)13-15-8-5-6-11-20-15/h14-18H,4-13H2,1-3H3. The molecule has 0 bridgehead atoms. The molecule has 3 heteroatoms. The maximum Gasteiger partial charge on any atom is 0.0702 e. The lowest BCUT2D eigenvalue weighted by molar-refractivity contribution is -0.0165. The van der Waals surface area contributed by atoms with E-state index < -0.39 is 0 Å². The van der Waals surface area contributed by atoms with Crippen molar-refractivity contribution >= 4 is 0 Å². The van der Waals surface area contributed by atoms with Gasteiger partial charge in [-0.25, -0.2) is 0 Å². The minimum Gasteiger partial charge on any atom is -0.377 e. The summed E-state index contributed by atoms with van der Waals surface area (Å²) in [4.78, 5) is 2.58. The molecule has 0 spiro atoms. The van der Waals surface area contributed by atoms with E-state index in [1.165, 1.54) is 51.4 Å². The minimum absolute atomic E-state index is 0.470. The lowest BCUT2D eigenvalue weighted by Gasteiger charge is -2.42. The molecular formula is C17H34N2O. The third-order valence-corrected chi connectivity index (χ3v) is 5.32. The molecule has 2 aliphatic rings. The highest BCUT2D eigenvalue weighted by molar-refractivity contribution is 4.90. The largest absolute Gasteiger partial charge is 0.377 e. The Morgan fingerprint density at radius 3 is 2.70 bits per heavy atom. The Balaban J connectivity index is 1.87. The van der Waals surface area contributed by atoms with Gasteiger partial charge in [-0.1, -0.05) is 19.8 Å². The third-order valence-electron chi connectivity index (χ3n) is 5.32. The second kappa shape index (κ2) is 8.35. The topological polar surface area (TPSA) is 24.5 Å². The lowest BCUT2D eigenvalue weighted by atomic mass is 9.79. The van der Waals surface area contributed by atoms with Crippen LogP contribution in [0.1, 0.15) is 58.3 Å². The van der Waals surface area contributed by atoms with Crippen LogP contribution in [0.15, 0.2) is 0 Å². The molecule has 2 rings (SSSR count). The van der Waals surface area contributed by atoms with E-state index >= 15 is 0 Å². The number of hydrogen-bond acceptors (Lipinski definition) is 3. The summed E-state index contributed by atoms with van der Waals surface area (Å²) in [6, 6.07) is 1.35. The zero-order valence-electron chi connectivity index (χ0n) is 13.7. The summed E-state index contributed by atoms with van der Waals surface area (Å²) >= 11 is 0. The summed E-state index contributed by atoms with van der Waals surface area (Å²) in [5, 5.41) is 3.55. The van der Waals surface area contributed by atoms with Gasteiger partial charge in [-0.05, 0) is 58.5 Å². The van der Waals surface area contributed by atoms with Gasteiger partial charge in [0.1, 0.15) is 0 Å². The molecule has 1 heterocycles. The second-order valence-corrected chi connectivity index (χ2v) is 6.86. The zero-order chi connectivity index (χ0) is 14.4. The van der Waals surface area contributed by atoms with Crippen molar-refractivity contribution in [1.29, 1.82) is 0 Å². The molecule has 0 amide bonds. The number of nitrogens with zero attached hydrogens (tertiary/aromatic N) is 1. The van der Waals surface area contributed by atoms with E-state index in [2.05, 4.69) is 31.2 Å². The molecule has 4 unspecified atom stereocenters. The summed E-state index contributed by atoms with van der Waals surface area (Å²) in [5.41, 5.74) is 0. The van der Waals surface area contributed by atoms with Crippen LogP contribution in [-0.2, 0) is 4.74 Å². The van der Waals surface area contributed by atoms with Crippen LogP contribution in [0.3, 0.4) is 0 Å². The van der Waals surface area contributed by atoms with Gasteiger partial charge in [-0.15, -0.1) is 0 Å². The lowest BCUT2D eigenvalue weighted by Crippen LogP contribution is -2.53. The van der Waals surface area contributed by atoms with Crippen molar-refractivity contribution in [2.24, 2.45) is 5.92 Å². The number of rotatable bonds is 6. The molecule has 1 aliphatic carbocycles. The van der Waals surface area contributed by atoms with E-state index in [9.17, 15) is 0 Å². The fraction of sp³-hybridized carbons (Fsp3) is 1.00. The average Bonchev–Trinajstić information content (AvgIpc) is 2.48. The first-order chi connectivity index (χ1) is 9.74. The van der Waals surface area contributed by atoms with Gasteiger partial charge < -0.3 is 10.1 Å². The van der Waals surface area contributed by atoms with Crippen molar-refractivity contribution in [3.8, 4) is 0 Å². The van der Waals surface area contributed by atoms with Crippen LogP contribution in [0, 0.1) is 5.92 Å². The quantitative estimate of drug-likeness (QED) is 0.810. The molecule has 0 radical (unpaired) electrons. The molecule has 4 atom stereocenters. The van der Waals surface area contributed by atoms with E-state index in [0.717, 1.165) is 19.1 Å². The molecule has 1 saturated heterocycles. The van der Waals surface area contributed by atoms with Gasteiger partial charge in [0.15, 0.2) is 0 Å². The maximum atomic E-state index is 5.92. The molecule has 1 saturated carbocycles. The molecule has 0 aromatic carbocycles. The van der Waals surface area contributed by atoms with Crippen LogP contribution in [0.4, 0.5) is 0 Å². The summed E-state index contributed by atoms with van der Waals surface area (Å²) in [6.07, 6.45) is 11.2. The predicted octanol–water partition coefficient (Wildman–Crippen LogP) is 3.04. The molecule has 0 aromatic rings. The highest BCUT2D eigenvalue weighted by Gasteiger charge is 2.32. The Kier molecular flexibility index (Phi) is 6.79. The summed E-state index contributed by atoms with van der Waals surface area (Å²) in [5.74, 6) is 0.935. The Morgan fingerprint density at radius 2 is 2.05 bits per heavy atom. The van der Waals surface area contributed by atoms with E-state index in [0.29, 0.717) is 18.2 Å². The van der Waals surface area contributed by atoms with Gasteiger partial charge in [0, 0.05) is 25.2 Å². The molecule has 1 aliphatic heterocycles. The molecule has 1 N–H and O–H groups in total. The molecule has 0 aromatic heterocycles. The van der Waals surface area contributed by atoms with Gasteiger partial charge in [0.25, 0.3) is 0 Å². The number of likely N-dealkylation sites (N-methyl/N-ethyl adjacent to an activating group) is 2. The summed E-state index contributed by atoms with van der Waals surface area (Å²) < 4.78 is 5.92. The first kappa shape index (κ1) is 16.3. The summed E-state index contributed by atoms with van der Waals surface area (Å²) in [7, 11) is 4.43. The number of hydrogen-bond donors (Lipinski definition) is 1. The van der Waals surface area contributed by atoms with Crippen molar-refractivity contribution in [2.45, 2.75) is 76.5 Å². The van der Waals surface area contributed by atoms with Gasteiger partial charge >= 0.3 is 0 Å². The predicted molar refractivity (Wildman–Crippen MR) is 85.1 cm³/mol. The normalized spacial score (nSPS) is 35.4. The number of nitrogens with one attached hydrogen (secondary N) is 1. The van der Waals surface area contributed by atoms with Crippen molar-refractivity contribution in [1.82, 2.24) is 10.2 Å². The molecular weight excluding hydrogens is 248 g/mol. The number of ether oxygens (including phenoxy) is 1. The maximum absolute atomic E-state index is 5.92. The van der Waals surface area contributed by atoms with Gasteiger partial charge in [0.2, 0.25) is 0 Å². The van der Waals surface area contributed by atoms with Crippen molar-refractivity contribution in [2.75, 3.05) is 27.2 Å². The highest BCUT2D eigenvalue weighted by atomic mass is 16.5. The molecule has 3 nitrogen and oxygen atoms in total. The fourth-order valence-corrected chi connectivity index (χ4v) is 4.13. The van der Waals surface area contributed by atoms with Crippen LogP contribution in [0.2, 0.25) is 0 Å². The fourth-order valence-electron chi connectivity index (χ4n) is 4.13. The summed E-state index contributed by atoms with van der Waals surface area (Å²) in [6.45, 7) is 4.40.